The fourth-order valence-corrected chi connectivity index (χ4v) is 1.82. The molecule has 0 saturated carbocycles. The van der Waals surface area contributed by atoms with Crippen LogP contribution < -0.4 is 0 Å². The van der Waals surface area contributed by atoms with Gasteiger partial charge in [0, 0.05) is 6.42 Å². The normalized spacial score (nSPS) is 24.9. The van der Waals surface area contributed by atoms with E-state index in [-0.39, 0.29) is 0 Å². The molecule has 12 heavy (non-hydrogen) atoms. The van der Waals surface area contributed by atoms with Crippen LogP contribution in [-0.4, -0.2) is 5.78 Å². The van der Waals surface area contributed by atoms with E-state index in [1.807, 2.05) is 0 Å². The van der Waals surface area contributed by atoms with Crippen LogP contribution in [0.15, 0.2) is 11.1 Å². The molecule has 0 radical (unpaired) electrons. The number of allylic oxidation sites excluding steroid dienone is 2. The van der Waals surface area contributed by atoms with Gasteiger partial charge < -0.3 is 0 Å². The number of rotatable bonds is 2. The minimum Gasteiger partial charge on any atom is -0.295 e. The Kier molecular flexibility index (Phi) is 3.07. The molecule has 0 saturated heterocycles. The van der Waals surface area contributed by atoms with E-state index in [0.717, 1.165) is 31.3 Å². The Bertz CT molecular complexity index is 213. The first-order chi connectivity index (χ1) is 5.66. The van der Waals surface area contributed by atoms with Crippen molar-refractivity contribution in [3.8, 4) is 0 Å². The van der Waals surface area contributed by atoms with Crippen LogP contribution >= 0.6 is 0 Å². The van der Waals surface area contributed by atoms with Crippen LogP contribution in [0.1, 0.15) is 46.5 Å². The highest BCUT2D eigenvalue weighted by atomic mass is 16.1. The van der Waals surface area contributed by atoms with Crippen molar-refractivity contribution in [3.63, 3.8) is 0 Å². The Morgan fingerprint density at radius 2 is 2.17 bits per heavy atom. The predicted molar refractivity (Wildman–Crippen MR) is 51.0 cm³/mol. The molecule has 0 aromatic rings. The van der Waals surface area contributed by atoms with Crippen molar-refractivity contribution < 1.29 is 4.79 Å². The third-order valence-electron chi connectivity index (χ3n) is 2.86. The van der Waals surface area contributed by atoms with Gasteiger partial charge in [-0.25, -0.2) is 0 Å². The van der Waals surface area contributed by atoms with E-state index in [2.05, 4.69) is 20.8 Å². The molecule has 68 valence electrons. The van der Waals surface area contributed by atoms with Crippen molar-refractivity contribution in [1.82, 2.24) is 0 Å². The van der Waals surface area contributed by atoms with Gasteiger partial charge in [-0.1, -0.05) is 25.8 Å². The topological polar surface area (TPSA) is 17.1 Å². The maximum absolute atomic E-state index is 11.5. The average molecular weight is 166 g/mol. The third kappa shape index (κ3) is 1.77. The standard InChI is InChI=1S/C11H18O/c1-4-5-10-9(3)8(2)6-7-11(10)12/h8H,4-7H2,1-3H3. The lowest BCUT2D eigenvalue weighted by Gasteiger charge is -2.22. The maximum atomic E-state index is 11.5. The lowest BCUT2D eigenvalue weighted by atomic mass is 9.82. The summed E-state index contributed by atoms with van der Waals surface area (Å²) in [4.78, 5) is 11.5. The summed E-state index contributed by atoms with van der Waals surface area (Å²) >= 11 is 0. The molecule has 1 atom stereocenters. The molecule has 1 aliphatic rings. The zero-order valence-electron chi connectivity index (χ0n) is 8.31. The van der Waals surface area contributed by atoms with Gasteiger partial charge in [0.1, 0.15) is 0 Å². The molecule has 0 bridgehead atoms. The van der Waals surface area contributed by atoms with Crippen LogP contribution in [0.2, 0.25) is 0 Å². The predicted octanol–water partition coefficient (Wildman–Crippen LogP) is 3.10. The highest BCUT2D eigenvalue weighted by Gasteiger charge is 2.21. The summed E-state index contributed by atoms with van der Waals surface area (Å²) in [7, 11) is 0. The van der Waals surface area contributed by atoms with Crippen molar-refractivity contribution in [3.05, 3.63) is 11.1 Å². The Hall–Kier alpha value is -0.590. The second-order valence-corrected chi connectivity index (χ2v) is 3.77. The molecular formula is C11H18O. The number of carbonyl (C=O) groups is 1. The fraction of sp³-hybridized carbons (Fsp3) is 0.727. The molecule has 0 fully saturated rings. The summed E-state index contributed by atoms with van der Waals surface area (Å²) in [5, 5.41) is 0. The number of hydrogen-bond acceptors (Lipinski definition) is 1. The van der Waals surface area contributed by atoms with E-state index in [4.69, 9.17) is 0 Å². The highest BCUT2D eigenvalue weighted by molar-refractivity contribution is 5.96. The summed E-state index contributed by atoms with van der Waals surface area (Å²) in [6.45, 7) is 6.47. The number of ketones is 1. The van der Waals surface area contributed by atoms with Gasteiger partial charge >= 0.3 is 0 Å². The monoisotopic (exact) mass is 166 g/mol. The molecule has 1 nitrogen and oxygen atoms in total. The molecular weight excluding hydrogens is 148 g/mol. The lowest BCUT2D eigenvalue weighted by Crippen LogP contribution is -2.16. The maximum Gasteiger partial charge on any atom is 0.158 e. The van der Waals surface area contributed by atoms with Gasteiger partial charge in [-0.15, -0.1) is 0 Å². The second kappa shape index (κ2) is 3.88. The van der Waals surface area contributed by atoms with Gasteiger partial charge in [-0.3, -0.25) is 4.79 Å². The molecule has 1 aliphatic carbocycles. The molecule has 0 aromatic carbocycles. The Labute approximate surface area is 74.9 Å². The molecule has 0 N–H and O–H groups in total. The lowest BCUT2D eigenvalue weighted by molar-refractivity contribution is -0.116. The first-order valence-corrected chi connectivity index (χ1v) is 4.89. The SMILES string of the molecule is CCCC1=C(C)C(C)CCC1=O. The van der Waals surface area contributed by atoms with E-state index in [1.165, 1.54) is 5.57 Å². The van der Waals surface area contributed by atoms with Gasteiger partial charge in [0.25, 0.3) is 0 Å². The van der Waals surface area contributed by atoms with Crippen LogP contribution in [0.4, 0.5) is 0 Å². The summed E-state index contributed by atoms with van der Waals surface area (Å²) < 4.78 is 0. The van der Waals surface area contributed by atoms with Gasteiger partial charge in [-0.2, -0.15) is 0 Å². The largest absolute Gasteiger partial charge is 0.295 e. The first kappa shape index (κ1) is 9.50. The van der Waals surface area contributed by atoms with Crippen LogP contribution in [0.25, 0.3) is 0 Å². The van der Waals surface area contributed by atoms with Crippen LogP contribution in [0, 0.1) is 5.92 Å². The molecule has 1 heteroatoms. The fourth-order valence-electron chi connectivity index (χ4n) is 1.82. The number of hydrogen-bond donors (Lipinski definition) is 0. The average Bonchev–Trinajstić information content (AvgIpc) is 2.06. The summed E-state index contributed by atoms with van der Waals surface area (Å²) in [5.41, 5.74) is 2.46. The Balaban J connectivity index is 2.85. The van der Waals surface area contributed by atoms with Gasteiger partial charge in [0.15, 0.2) is 5.78 Å². The minimum atomic E-state index is 0.396. The molecule has 0 aromatic heterocycles. The molecule has 0 spiro atoms. The smallest absolute Gasteiger partial charge is 0.158 e. The molecule has 0 aliphatic heterocycles. The number of carbonyl (C=O) groups excluding carboxylic acids is 1. The van der Waals surface area contributed by atoms with Crippen molar-refractivity contribution >= 4 is 5.78 Å². The van der Waals surface area contributed by atoms with Crippen molar-refractivity contribution in [2.45, 2.75) is 46.5 Å². The molecule has 0 amide bonds. The zero-order chi connectivity index (χ0) is 9.14. The van der Waals surface area contributed by atoms with Crippen LogP contribution in [0.5, 0.6) is 0 Å². The van der Waals surface area contributed by atoms with Gasteiger partial charge in [0.2, 0.25) is 0 Å². The van der Waals surface area contributed by atoms with E-state index < -0.39 is 0 Å². The summed E-state index contributed by atoms with van der Waals surface area (Å²) in [5.74, 6) is 1.02. The van der Waals surface area contributed by atoms with Crippen molar-refractivity contribution in [2.24, 2.45) is 5.92 Å². The van der Waals surface area contributed by atoms with E-state index >= 15 is 0 Å². The highest BCUT2D eigenvalue weighted by Crippen LogP contribution is 2.29. The van der Waals surface area contributed by atoms with Crippen LogP contribution in [0.3, 0.4) is 0 Å². The van der Waals surface area contributed by atoms with Crippen molar-refractivity contribution in [1.29, 1.82) is 0 Å². The summed E-state index contributed by atoms with van der Waals surface area (Å²) in [6.07, 6.45) is 3.89. The van der Waals surface area contributed by atoms with Crippen molar-refractivity contribution in [2.75, 3.05) is 0 Å². The van der Waals surface area contributed by atoms with E-state index in [1.54, 1.807) is 0 Å². The van der Waals surface area contributed by atoms with E-state index in [0.29, 0.717) is 11.7 Å². The third-order valence-corrected chi connectivity index (χ3v) is 2.86. The second-order valence-electron chi connectivity index (χ2n) is 3.77. The summed E-state index contributed by atoms with van der Waals surface area (Å²) in [6, 6.07) is 0. The number of Topliss-reactive ketones (excluding diaryl/α,β-unsaturated/α-hetero) is 1. The Morgan fingerprint density at radius 3 is 2.75 bits per heavy atom. The van der Waals surface area contributed by atoms with Crippen LogP contribution in [-0.2, 0) is 4.79 Å². The Morgan fingerprint density at radius 1 is 1.50 bits per heavy atom. The minimum absolute atomic E-state index is 0.396. The molecule has 0 heterocycles. The van der Waals surface area contributed by atoms with Gasteiger partial charge in [-0.05, 0) is 31.3 Å². The quantitative estimate of drug-likeness (QED) is 0.616. The van der Waals surface area contributed by atoms with Gasteiger partial charge in [0.05, 0.1) is 0 Å². The first-order valence-electron chi connectivity index (χ1n) is 4.89. The molecule has 1 unspecified atom stereocenters. The molecule has 1 rings (SSSR count). The van der Waals surface area contributed by atoms with E-state index in [9.17, 15) is 4.79 Å². The zero-order valence-corrected chi connectivity index (χ0v) is 8.31.